The van der Waals surface area contributed by atoms with E-state index in [9.17, 15) is 9.59 Å². The Hall–Kier alpha value is -4.11. The van der Waals surface area contributed by atoms with E-state index in [0.717, 1.165) is 30.0 Å². The van der Waals surface area contributed by atoms with Gasteiger partial charge in [0.2, 0.25) is 5.91 Å². The molecule has 0 atom stereocenters. The van der Waals surface area contributed by atoms with Gasteiger partial charge >= 0.3 is 0 Å². The summed E-state index contributed by atoms with van der Waals surface area (Å²) in [5, 5.41) is 6.84. The molecule has 5 rings (SSSR count). The molecular weight excluding hydrogens is 579 g/mol. The van der Waals surface area contributed by atoms with Crippen molar-refractivity contribution in [2.75, 3.05) is 36.4 Å². The van der Waals surface area contributed by atoms with Crippen molar-refractivity contribution in [1.29, 1.82) is 0 Å². The normalized spacial score (nSPS) is 13.3. The van der Waals surface area contributed by atoms with E-state index in [1.807, 2.05) is 59.5 Å². The van der Waals surface area contributed by atoms with Crippen molar-refractivity contribution >= 4 is 69.8 Å². The van der Waals surface area contributed by atoms with Crippen LogP contribution < -0.4 is 15.5 Å². The van der Waals surface area contributed by atoms with E-state index in [0.29, 0.717) is 40.2 Å². The summed E-state index contributed by atoms with van der Waals surface area (Å²) in [4.78, 5) is 29.2. The van der Waals surface area contributed by atoms with Gasteiger partial charge in [0.05, 0.1) is 0 Å². The maximum atomic E-state index is 12.7. The van der Waals surface area contributed by atoms with Crippen LogP contribution in [0.25, 0.3) is 17.4 Å². The first-order valence-corrected chi connectivity index (χ1v) is 14.1. The molecule has 1 aliphatic heterocycles. The molecule has 1 aliphatic rings. The second-order valence-corrected chi connectivity index (χ2v) is 10.6. The summed E-state index contributed by atoms with van der Waals surface area (Å²) < 4.78 is 5.77. The fourth-order valence-corrected chi connectivity index (χ4v) is 5.20. The van der Waals surface area contributed by atoms with Gasteiger partial charge in [-0.2, -0.15) is 0 Å². The fraction of sp³-hybridized carbons (Fsp3) is 0.129. The second-order valence-electron chi connectivity index (χ2n) is 9.33. The van der Waals surface area contributed by atoms with Crippen LogP contribution in [0.4, 0.5) is 11.4 Å². The molecule has 0 bridgehead atoms. The highest BCUT2D eigenvalue weighted by Crippen LogP contribution is 2.29. The molecule has 1 aromatic heterocycles. The van der Waals surface area contributed by atoms with Crippen molar-refractivity contribution in [3.05, 3.63) is 112 Å². The van der Waals surface area contributed by atoms with Gasteiger partial charge in [-0.25, -0.2) is 0 Å². The van der Waals surface area contributed by atoms with Gasteiger partial charge in [-0.3, -0.25) is 14.9 Å². The minimum atomic E-state index is -0.397. The maximum Gasteiger partial charge on any atom is 0.253 e. The summed E-state index contributed by atoms with van der Waals surface area (Å²) in [5.74, 6) is 0.737. The van der Waals surface area contributed by atoms with Crippen molar-refractivity contribution in [2.45, 2.75) is 0 Å². The number of nitrogens with one attached hydrogen (secondary N) is 2. The lowest BCUT2D eigenvalue weighted by atomic mass is 10.1. The number of furan rings is 1. The van der Waals surface area contributed by atoms with Crippen LogP contribution in [0.2, 0.25) is 10.0 Å². The molecule has 1 saturated heterocycles. The molecule has 0 unspecified atom stereocenters. The third-order valence-electron chi connectivity index (χ3n) is 6.49. The molecule has 7 nitrogen and oxygen atoms in total. The van der Waals surface area contributed by atoms with Crippen molar-refractivity contribution in [3.8, 4) is 11.3 Å². The van der Waals surface area contributed by atoms with E-state index < -0.39 is 5.91 Å². The van der Waals surface area contributed by atoms with Crippen LogP contribution in [0.1, 0.15) is 16.1 Å². The number of carbonyl (C=O) groups is 2. The Morgan fingerprint density at radius 2 is 1.54 bits per heavy atom. The Balaban J connectivity index is 1.09. The largest absolute Gasteiger partial charge is 0.457 e. The number of amides is 2. The first kappa shape index (κ1) is 28.4. The Morgan fingerprint density at radius 1 is 0.854 bits per heavy atom. The van der Waals surface area contributed by atoms with Gasteiger partial charge in [0.25, 0.3) is 5.91 Å². The van der Waals surface area contributed by atoms with Gasteiger partial charge < -0.3 is 19.5 Å². The molecule has 2 N–H and O–H groups in total. The molecule has 1 fully saturated rings. The molecule has 4 aromatic rings. The van der Waals surface area contributed by atoms with E-state index in [-0.39, 0.29) is 11.0 Å². The predicted molar refractivity (Wildman–Crippen MR) is 169 cm³/mol. The van der Waals surface area contributed by atoms with Crippen LogP contribution in [0, 0.1) is 0 Å². The van der Waals surface area contributed by atoms with E-state index in [4.69, 9.17) is 39.8 Å². The van der Waals surface area contributed by atoms with E-state index >= 15 is 0 Å². The van der Waals surface area contributed by atoms with Crippen LogP contribution >= 0.6 is 35.4 Å². The van der Waals surface area contributed by atoms with Crippen LogP contribution in [0.15, 0.2) is 95.4 Å². The summed E-state index contributed by atoms with van der Waals surface area (Å²) in [6.45, 7) is 2.81. The zero-order valence-electron chi connectivity index (χ0n) is 21.8. The quantitative estimate of drug-likeness (QED) is 0.187. The number of thiocarbonyl (C=S) groups is 1. The van der Waals surface area contributed by atoms with Crippen LogP contribution in [0.3, 0.4) is 0 Å². The Morgan fingerprint density at radius 3 is 2.22 bits per heavy atom. The summed E-state index contributed by atoms with van der Waals surface area (Å²) >= 11 is 17.4. The lowest BCUT2D eigenvalue weighted by Gasteiger charge is -2.36. The minimum absolute atomic E-state index is 0.0621. The summed E-state index contributed by atoms with van der Waals surface area (Å²) in [5.41, 5.74) is 3.25. The number of nitrogens with zero attached hydrogens (tertiary/aromatic N) is 2. The molecule has 3 aromatic carbocycles. The Kier molecular flexibility index (Phi) is 9.04. The molecule has 0 saturated carbocycles. The van der Waals surface area contributed by atoms with Gasteiger partial charge in [-0.15, -0.1) is 0 Å². The van der Waals surface area contributed by atoms with E-state index in [2.05, 4.69) is 15.5 Å². The number of carbonyl (C=O) groups excluding carboxylic acids is 2. The Bertz CT molecular complexity index is 1560. The van der Waals surface area contributed by atoms with Crippen molar-refractivity contribution < 1.29 is 14.0 Å². The number of hydrogen-bond acceptors (Lipinski definition) is 5. The topological polar surface area (TPSA) is 77.8 Å². The standard InChI is InChI=1S/C31H26Cl2N4O3S/c32-23-18-22(19-24(33)20-23)28-12-10-27(40-28)11-13-29(38)35-31(41)34-25-6-8-26(9-7-25)36-14-16-37(17-15-36)30(39)21-4-2-1-3-5-21/h1-13,18-20H,14-17H2,(H2,34,35,38,41)/b13-11+. The number of anilines is 2. The number of piperazine rings is 1. The fourth-order valence-electron chi connectivity index (χ4n) is 4.45. The zero-order valence-corrected chi connectivity index (χ0v) is 24.2. The summed E-state index contributed by atoms with van der Waals surface area (Å²) in [6.07, 6.45) is 2.89. The smallest absolute Gasteiger partial charge is 0.253 e. The van der Waals surface area contributed by atoms with Crippen molar-refractivity contribution in [2.24, 2.45) is 0 Å². The van der Waals surface area contributed by atoms with Gasteiger partial charge in [0.1, 0.15) is 11.5 Å². The lowest BCUT2D eigenvalue weighted by molar-refractivity contribution is -0.115. The SMILES string of the molecule is O=C(/C=C/c1ccc(-c2cc(Cl)cc(Cl)c2)o1)NC(=S)Nc1ccc(N2CCN(C(=O)c3ccccc3)CC2)cc1. The first-order valence-electron chi connectivity index (χ1n) is 12.9. The highest BCUT2D eigenvalue weighted by molar-refractivity contribution is 7.80. The molecule has 2 heterocycles. The van der Waals surface area contributed by atoms with E-state index in [1.165, 1.54) is 6.08 Å². The number of halogens is 2. The van der Waals surface area contributed by atoms with Crippen molar-refractivity contribution in [3.63, 3.8) is 0 Å². The van der Waals surface area contributed by atoms with Crippen LogP contribution in [0.5, 0.6) is 0 Å². The van der Waals surface area contributed by atoms with Gasteiger partial charge in [0.15, 0.2) is 5.11 Å². The van der Waals surface area contributed by atoms with Crippen molar-refractivity contribution in [1.82, 2.24) is 10.2 Å². The number of benzene rings is 3. The third kappa shape index (κ3) is 7.55. The minimum Gasteiger partial charge on any atom is -0.457 e. The predicted octanol–water partition coefficient (Wildman–Crippen LogP) is 6.74. The second kappa shape index (κ2) is 13.0. The molecule has 208 valence electrons. The lowest BCUT2D eigenvalue weighted by Crippen LogP contribution is -2.48. The highest BCUT2D eigenvalue weighted by atomic mass is 35.5. The molecule has 2 amide bonds. The monoisotopic (exact) mass is 604 g/mol. The average Bonchev–Trinajstić information content (AvgIpc) is 3.45. The molecule has 10 heteroatoms. The first-order chi connectivity index (χ1) is 19.8. The highest BCUT2D eigenvalue weighted by Gasteiger charge is 2.22. The number of hydrogen-bond donors (Lipinski definition) is 2. The van der Waals surface area contributed by atoms with E-state index in [1.54, 1.807) is 36.4 Å². The van der Waals surface area contributed by atoms with Crippen LogP contribution in [-0.4, -0.2) is 48.0 Å². The zero-order chi connectivity index (χ0) is 28.8. The van der Waals surface area contributed by atoms with Gasteiger partial charge in [-0.05, 0) is 85.0 Å². The van der Waals surface area contributed by atoms with Gasteiger partial charge in [-0.1, -0.05) is 41.4 Å². The summed E-state index contributed by atoms with van der Waals surface area (Å²) in [7, 11) is 0. The summed E-state index contributed by atoms with van der Waals surface area (Å²) in [6, 6.07) is 25.8. The molecule has 41 heavy (non-hydrogen) atoms. The third-order valence-corrected chi connectivity index (χ3v) is 7.13. The number of rotatable bonds is 6. The maximum absolute atomic E-state index is 12.7. The average molecular weight is 606 g/mol. The molecular formula is C31H26Cl2N4O3S. The van der Waals surface area contributed by atoms with Crippen LogP contribution in [-0.2, 0) is 4.79 Å². The Labute approximate surface area is 253 Å². The molecule has 0 aliphatic carbocycles. The molecule has 0 spiro atoms. The molecule has 0 radical (unpaired) electrons. The van der Waals surface area contributed by atoms with Gasteiger partial charge in [0, 0.05) is 64.8 Å².